The first-order chi connectivity index (χ1) is 10.7. The fourth-order valence-corrected chi connectivity index (χ4v) is 3.54. The molecule has 1 heterocycles. The lowest BCUT2D eigenvalue weighted by Crippen LogP contribution is -2.55. The number of ether oxygens (including phenoxy) is 2. The Kier molecular flexibility index (Phi) is 6.38. The van der Waals surface area contributed by atoms with E-state index in [0.717, 1.165) is 19.4 Å². The average molecular weight is 306 g/mol. The molecule has 124 valence electrons. The molecule has 22 heavy (non-hydrogen) atoms. The van der Waals surface area contributed by atoms with Gasteiger partial charge in [0.05, 0.1) is 0 Å². The van der Waals surface area contributed by atoms with Gasteiger partial charge in [-0.2, -0.15) is 0 Å². The third kappa shape index (κ3) is 3.87. The fraction of sp³-hybridized carbons (Fsp3) is 0.667. The van der Waals surface area contributed by atoms with Crippen LogP contribution in [0.5, 0.6) is 0 Å². The van der Waals surface area contributed by atoms with Crippen LogP contribution in [0, 0.1) is 0 Å². The molecule has 1 aromatic carbocycles. The van der Waals surface area contributed by atoms with Crippen LogP contribution >= 0.6 is 0 Å². The van der Waals surface area contributed by atoms with Crippen LogP contribution in [0.1, 0.15) is 45.2 Å². The van der Waals surface area contributed by atoms with Gasteiger partial charge in [-0.3, -0.25) is 4.90 Å². The van der Waals surface area contributed by atoms with Crippen LogP contribution in [0.4, 0.5) is 0 Å². The van der Waals surface area contributed by atoms with Crippen LogP contribution in [0.3, 0.4) is 0 Å². The Bertz CT molecular complexity index is 432. The highest BCUT2D eigenvalue weighted by atomic mass is 16.7. The van der Waals surface area contributed by atoms with E-state index in [1.165, 1.54) is 5.56 Å². The molecule has 1 aliphatic rings. The molecule has 1 fully saturated rings. The second-order valence-corrected chi connectivity index (χ2v) is 5.94. The van der Waals surface area contributed by atoms with Crippen LogP contribution in [-0.4, -0.2) is 43.0 Å². The third-order valence-corrected chi connectivity index (χ3v) is 4.63. The highest BCUT2D eigenvalue weighted by Crippen LogP contribution is 2.35. The van der Waals surface area contributed by atoms with Crippen molar-refractivity contribution in [1.29, 1.82) is 0 Å². The summed E-state index contributed by atoms with van der Waals surface area (Å²) in [5.74, 6) is -0.458. The van der Waals surface area contributed by atoms with E-state index in [4.69, 9.17) is 15.2 Å². The van der Waals surface area contributed by atoms with E-state index < -0.39 is 5.79 Å². The quantitative estimate of drug-likeness (QED) is 0.787. The summed E-state index contributed by atoms with van der Waals surface area (Å²) in [5.41, 5.74) is 7.40. The van der Waals surface area contributed by atoms with Crippen molar-refractivity contribution in [3.8, 4) is 0 Å². The van der Waals surface area contributed by atoms with Gasteiger partial charge in [0.1, 0.15) is 0 Å². The molecule has 0 saturated carbocycles. The van der Waals surface area contributed by atoms with Gasteiger partial charge in [-0.15, -0.1) is 0 Å². The Balaban J connectivity index is 2.12. The topological polar surface area (TPSA) is 47.7 Å². The first-order valence-corrected chi connectivity index (χ1v) is 8.44. The molecule has 0 spiro atoms. The van der Waals surface area contributed by atoms with E-state index in [9.17, 15) is 0 Å². The number of nitrogens with zero attached hydrogens (tertiary/aromatic N) is 1. The molecule has 0 bridgehead atoms. The molecule has 2 rings (SSSR count). The van der Waals surface area contributed by atoms with Gasteiger partial charge >= 0.3 is 0 Å². The molecule has 0 aliphatic carbocycles. The number of rotatable bonds is 7. The van der Waals surface area contributed by atoms with E-state index in [2.05, 4.69) is 42.2 Å². The lowest BCUT2D eigenvalue weighted by atomic mass is 9.92. The van der Waals surface area contributed by atoms with Crippen molar-refractivity contribution in [1.82, 2.24) is 4.90 Å². The highest BCUT2D eigenvalue weighted by Gasteiger charge is 2.42. The van der Waals surface area contributed by atoms with E-state index in [1.807, 2.05) is 13.8 Å². The molecule has 0 unspecified atom stereocenters. The maximum Gasteiger partial charge on any atom is 0.170 e. The largest absolute Gasteiger partial charge is 0.350 e. The zero-order valence-corrected chi connectivity index (χ0v) is 14.1. The maximum atomic E-state index is 6.07. The summed E-state index contributed by atoms with van der Waals surface area (Å²) >= 11 is 0. The van der Waals surface area contributed by atoms with E-state index in [-0.39, 0.29) is 6.04 Å². The Morgan fingerprint density at radius 1 is 1.23 bits per heavy atom. The molecule has 2 atom stereocenters. The van der Waals surface area contributed by atoms with Crippen LogP contribution in [0.25, 0.3) is 0 Å². The van der Waals surface area contributed by atoms with Crippen LogP contribution in [0.15, 0.2) is 30.3 Å². The molecule has 2 N–H and O–H groups in total. The molecular formula is C18H30N2O2. The highest BCUT2D eigenvalue weighted by molar-refractivity contribution is 5.19. The summed E-state index contributed by atoms with van der Waals surface area (Å²) < 4.78 is 11.9. The molecule has 4 heteroatoms. The van der Waals surface area contributed by atoms with Crippen molar-refractivity contribution >= 4 is 0 Å². The molecule has 0 amide bonds. The molecular weight excluding hydrogens is 276 g/mol. The number of piperidine rings is 1. The first kappa shape index (κ1) is 17.4. The predicted octanol–water partition coefficient (Wildman–Crippen LogP) is 2.94. The molecule has 1 aromatic rings. The maximum absolute atomic E-state index is 6.07. The number of likely N-dealkylation sites (tertiary alicyclic amines) is 1. The molecule has 0 radical (unpaired) electrons. The minimum atomic E-state index is -0.458. The van der Waals surface area contributed by atoms with E-state index in [0.29, 0.717) is 25.8 Å². The summed E-state index contributed by atoms with van der Waals surface area (Å²) in [7, 11) is 0. The lowest BCUT2D eigenvalue weighted by molar-refractivity contribution is -0.262. The van der Waals surface area contributed by atoms with Gasteiger partial charge in [-0.1, -0.05) is 30.3 Å². The van der Waals surface area contributed by atoms with Crippen molar-refractivity contribution in [3.05, 3.63) is 35.9 Å². The summed E-state index contributed by atoms with van der Waals surface area (Å²) in [6, 6.07) is 11.3. The summed E-state index contributed by atoms with van der Waals surface area (Å²) in [6.07, 6.45) is 1.73. The summed E-state index contributed by atoms with van der Waals surface area (Å²) in [6.45, 7) is 9.22. The normalized spacial score (nSPS) is 23.4. The molecule has 1 aliphatic heterocycles. The van der Waals surface area contributed by atoms with Crippen LogP contribution in [-0.2, 0) is 9.47 Å². The third-order valence-electron chi connectivity index (χ3n) is 4.63. The van der Waals surface area contributed by atoms with Gasteiger partial charge < -0.3 is 15.2 Å². The van der Waals surface area contributed by atoms with Crippen LogP contribution in [0.2, 0.25) is 0 Å². The van der Waals surface area contributed by atoms with Crippen molar-refractivity contribution in [3.63, 3.8) is 0 Å². The predicted molar refractivity (Wildman–Crippen MR) is 89.6 cm³/mol. The number of hydrogen-bond donors (Lipinski definition) is 1. The van der Waals surface area contributed by atoms with Gasteiger partial charge in [0, 0.05) is 51.2 Å². The van der Waals surface area contributed by atoms with Gasteiger partial charge in [-0.05, 0) is 26.3 Å². The molecule has 4 nitrogen and oxygen atoms in total. The van der Waals surface area contributed by atoms with E-state index >= 15 is 0 Å². The van der Waals surface area contributed by atoms with Crippen LogP contribution < -0.4 is 5.73 Å². The lowest BCUT2D eigenvalue weighted by Gasteiger charge is -2.47. The Morgan fingerprint density at radius 3 is 2.41 bits per heavy atom. The van der Waals surface area contributed by atoms with Crippen molar-refractivity contribution in [2.75, 3.05) is 26.3 Å². The van der Waals surface area contributed by atoms with Crippen molar-refractivity contribution < 1.29 is 9.47 Å². The fourth-order valence-electron chi connectivity index (χ4n) is 3.54. The van der Waals surface area contributed by atoms with E-state index in [1.54, 1.807) is 0 Å². The molecule has 1 saturated heterocycles. The van der Waals surface area contributed by atoms with Gasteiger partial charge in [0.2, 0.25) is 0 Å². The Morgan fingerprint density at radius 2 is 1.86 bits per heavy atom. The molecule has 0 aromatic heterocycles. The average Bonchev–Trinajstić information content (AvgIpc) is 2.55. The Hall–Kier alpha value is -0.940. The SMILES string of the molecule is CCOC1(OCC)CCN([C@H](C)c2ccccc2)[C@H](CN)C1. The smallest absolute Gasteiger partial charge is 0.170 e. The summed E-state index contributed by atoms with van der Waals surface area (Å²) in [4.78, 5) is 2.49. The second-order valence-electron chi connectivity index (χ2n) is 5.94. The second kappa shape index (κ2) is 8.06. The Labute approximate surface area is 134 Å². The monoisotopic (exact) mass is 306 g/mol. The number of benzene rings is 1. The first-order valence-electron chi connectivity index (χ1n) is 8.44. The summed E-state index contributed by atoms with van der Waals surface area (Å²) in [5, 5.41) is 0. The minimum absolute atomic E-state index is 0.280. The number of nitrogens with two attached hydrogens (primary N) is 1. The van der Waals surface area contributed by atoms with Gasteiger partial charge in [0.25, 0.3) is 0 Å². The zero-order chi connectivity index (χ0) is 16.0. The standard InChI is InChI=1S/C18H30N2O2/c1-4-21-18(22-5-2)11-12-20(17(13-18)14-19)15(3)16-9-7-6-8-10-16/h6-10,15,17H,4-5,11-14,19H2,1-3H3/t15-,17+/m1/s1. The zero-order valence-electron chi connectivity index (χ0n) is 14.1. The number of hydrogen-bond acceptors (Lipinski definition) is 4. The van der Waals surface area contributed by atoms with Crippen molar-refractivity contribution in [2.24, 2.45) is 5.73 Å². The van der Waals surface area contributed by atoms with Crippen molar-refractivity contribution in [2.45, 2.75) is 51.5 Å². The van der Waals surface area contributed by atoms with Gasteiger partial charge in [-0.25, -0.2) is 0 Å². The minimum Gasteiger partial charge on any atom is -0.350 e. The van der Waals surface area contributed by atoms with Gasteiger partial charge in [0.15, 0.2) is 5.79 Å².